The minimum absolute atomic E-state index is 0.0701. The van der Waals surface area contributed by atoms with Gasteiger partial charge in [-0.05, 0) is 50.2 Å². The van der Waals surface area contributed by atoms with E-state index in [1.54, 1.807) is 6.20 Å². The fourth-order valence-corrected chi connectivity index (χ4v) is 3.90. The van der Waals surface area contributed by atoms with Gasteiger partial charge in [0, 0.05) is 25.3 Å². The number of hydrogen-bond donors (Lipinski definition) is 1. The highest BCUT2D eigenvalue weighted by Crippen LogP contribution is 2.59. The largest absolute Gasteiger partial charge is 0.353 e. The van der Waals surface area contributed by atoms with Gasteiger partial charge in [-0.2, -0.15) is 5.10 Å². The number of carbonyl (C=O) groups is 1. The van der Waals surface area contributed by atoms with Gasteiger partial charge >= 0.3 is 0 Å². The van der Waals surface area contributed by atoms with E-state index in [2.05, 4.69) is 54.2 Å². The van der Waals surface area contributed by atoms with Gasteiger partial charge in [0.25, 0.3) is 0 Å². The number of amides is 1. The van der Waals surface area contributed by atoms with Crippen molar-refractivity contribution >= 4 is 11.7 Å². The maximum Gasteiger partial charge on any atom is 0.224 e. The molecule has 1 saturated heterocycles. The van der Waals surface area contributed by atoms with Crippen molar-refractivity contribution in [2.24, 2.45) is 17.3 Å². The van der Waals surface area contributed by atoms with Crippen LogP contribution in [0.1, 0.15) is 40.5 Å². The van der Waals surface area contributed by atoms with E-state index in [1.807, 2.05) is 12.1 Å². The molecule has 3 rings (SSSR count). The first-order valence-electron chi connectivity index (χ1n) is 8.87. The van der Waals surface area contributed by atoms with Crippen LogP contribution in [0.4, 0.5) is 5.82 Å². The molecule has 2 aliphatic rings. The van der Waals surface area contributed by atoms with E-state index < -0.39 is 0 Å². The van der Waals surface area contributed by atoms with Crippen LogP contribution in [0.2, 0.25) is 0 Å². The van der Waals surface area contributed by atoms with Crippen LogP contribution in [0.25, 0.3) is 0 Å². The Bertz CT molecular complexity index is 622. The predicted molar refractivity (Wildman–Crippen MR) is 95.6 cm³/mol. The van der Waals surface area contributed by atoms with Gasteiger partial charge in [0.1, 0.15) is 0 Å². The molecule has 1 aliphatic carbocycles. The van der Waals surface area contributed by atoms with E-state index in [-0.39, 0.29) is 23.3 Å². The molecule has 0 unspecified atom stereocenters. The maximum absolute atomic E-state index is 12.7. The highest BCUT2D eigenvalue weighted by molar-refractivity contribution is 5.84. The third-order valence-corrected chi connectivity index (χ3v) is 5.36. The number of nitrogens with zero attached hydrogens (tertiary/aromatic N) is 3. The Morgan fingerprint density at radius 2 is 2.21 bits per heavy atom. The molecule has 0 bridgehead atoms. The fraction of sp³-hybridized carbons (Fsp3) is 0.632. The number of piperidine rings is 1. The lowest BCUT2D eigenvalue weighted by molar-refractivity contribution is -0.123. The summed E-state index contributed by atoms with van der Waals surface area (Å²) in [5.74, 6) is 1.56. The molecule has 5 nitrogen and oxygen atoms in total. The van der Waals surface area contributed by atoms with Crippen LogP contribution in [0, 0.1) is 17.3 Å². The summed E-state index contributed by atoms with van der Waals surface area (Å²) in [5.41, 5.74) is 1.36. The minimum Gasteiger partial charge on any atom is -0.353 e. The molecule has 0 radical (unpaired) electrons. The molecule has 1 aliphatic heterocycles. The Hall–Kier alpha value is -1.91. The molecular weight excluding hydrogens is 300 g/mol. The number of rotatable bonds is 4. The van der Waals surface area contributed by atoms with Gasteiger partial charge in [-0.25, -0.2) is 0 Å². The summed E-state index contributed by atoms with van der Waals surface area (Å²) in [6.07, 6.45) is 6.03. The molecule has 0 aromatic carbocycles. The lowest BCUT2D eigenvalue weighted by Gasteiger charge is -2.33. The SMILES string of the molecule is CC(C)=C[C@@H]1[C@@H](C(=O)N[C@H]2CCCN(c3cccnn3)C2)C1(C)C. The zero-order chi connectivity index (χ0) is 17.3. The van der Waals surface area contributed by atoms with Crippen molar-refractivity contribution in [3.8, 4) is 0 Å². The van der Waals surface area contributed by atoms with Gasteiger partial charge in [-0.1, -0.05) is 25.5 Å². The number of nitrogens with one attached hydrogen (secondary N) is 1. The van der Waals surface area contributed by atoms with Gasteiger partial charge in [0.05, 0.1) is 5.92 Å². The van der Waals surface area contributed by atoms with Crippen molar-refractivity contribution in [2.75, 3.05) is 18.0 Å². The molecular formula is C19H28N4O. The number of carbonyl (C=O) groups excluding carboxylic acids is 1. The minimum atomic E-state index is 0.0701. The maximum atomic E-state index is 12.7. The number of allylic oxidation sites excluding steroid dienone is 2. The van der Waals surface area contributed by atoms with E-state index in [9.17, 15) is 4.79 Å². The normalized spacial score (nSPS) is 28.2. The van der Waals surface area contributed by atoms with Crippen molar-refractivity contribution in [3.05, 3.63) is 30.0 Å². The predicted octanol–water partition coefficient (Wildman–Crippen LogP) is 2.80. The Balaban J connectivity index is 1.60. The van der Waals surface area contributed by atoms with Crippen LogP contribution >= 0.6 is 0 Å². The monoisotopic (exact) mass is 328 g/mol. The summed E-state index contributed by atoms with van der Waals surface area (Å²) in [4.78, 5) is 15.0. The van der Waals surface area contributed by atoms with Gasteiger partial charge in [-0.15, -0.1) is 5.10 Å². The molecule has 2 fully saturated rings. The first-order valence-corrected chi connectivity index (χ1v) is 8.87. The summed E-state index contributed by atoms with van der Waals surface area (Å²) < 4.78 is 0. The first kappa shape index (κ1) is 16.9. The van der Waals surface area contributed by atoms with Crippen molar-refractivity contribution < 1.29 is 4.79 Å². The van der Waals surface area contributed by atoms with Crippen LogP contribution in [-0.4, -0.2) is 35.2 Å². The molecule has 0 spiro atoms. The van der Waals surface area contributed by atoms with E-state index in [0.29, 0.717) is 5.92 Å². The average Bonchev–Trinajstić information content (AvgIpc) is 3.08. The second-order valence-corrected chi connectivity index (χ2v) is 7.94. The van der Waals surface area contributed by atoms with Gasteiger partial charge in [0.2, 0.25) is 5.91 Å². The van der Waals surface area contributed by atoms with Crippen molar-refractivity contribution in [2.45, 2.75) is 46.6 Å². The van der Waals surface area contributed by atoms with E-state index in [4.69, 9.17) is 0 Å². The topological polar surface area (TPSA) is 58.1 Å². The molecule has 1 saturated carbocycles. The molecule has 5 heteroatoms. The van der Waals surface area contributed by atoms with Crippen LogP contribution in [0.15, 0.2) is 30.0 Å². The molecule has 2 heterocycles. The van der Waals surface area contributed by atoms with Gasteiger partial charge in [-0.3, -0.25) is 4.79 Å². The quantitative estimate of drug-likeness (QED) is 0.864. The van der Waals surface area contributed by atoms with Crippen molar-refractivity contribution in [1.82, 2.24) is 15.5 Å². The summed E-state index contributed by atoms with van der Waals surface area (Å²) in [6, 6.07) is 4.07. The highest BCUT2D eigenvalue weighted by atomic mass is 16.2. The summed E-state index contributed by atoms with van der Waals surface area (Å²) in [5, 5.41) is 11.4. The standard InChI is InChI=1S/C19H28N4O/c1-13(2)11-15-17(19(15,3)4)18(24)21-14-7-6-10-23(12-14)16-8-5-9-20-22-16/h5,8-9,11,14-15,17H,6-7,10,12H2,1-4H3,(H,21,24)/t14-,15+,17-/m0/s1. The molecule has 1 aromatic rings. The van der Waals surface area contributed by atoms with Crippen LogP contribution < -0.4 is 10.2 Å². The van der Waals surface area contributed by atoms with E-state index in [0.717, 1.165) is 31.7 Å². The van der Waals surface area contributed by atoms with Crippen LogP contribution in [-0.2, 0) is 4.79 Å². The molecule has 1 aromatic heterocycles. The number of aromatic nitrogens is 2. The second-order valence-electron chi connectivity index (χ2n) is 7.94. The van der Waals surface area contributed by atoms with E-state index >= 15 is 0 Å². The van der Waals surface area contributed by atoms with Crippen molar-refractivity contribution in [1.29, 1.82) is 0 Å². The molecule has 1 N–H and O–H groups in total. The smallest absolute Gasteiger partial charge is 0.224 e. The highest BCUT2D eigenvalue weighted by Gasteiger charge is 2.60. The summed E-state index contributed by atoms with van der Waals surface area (Å²) in [6.45, 7) is 10.4. The third kappa shape index (κ3) is 3.45. The summed E-state index contributed by atoms with van der Waals surface area (Å²) >= 11 is 0. The third-order valence-electron chi connectivity index (χ3n) is 5.36. The molecule has 1 amide bonds. The Labute approximate surface area is 144 Å². The lowest BCUT2D eigenvalue weighted by Crippen LogP contribution is -2.48. The zero-order valence-corrected chi connectivity index (χ0v) is 15.1. The van der Waals surface area contributed by atoms with Gasteiger partial charge < -0.3 is 10.2 Å². The van der Waals surface area contributed by atoms with Gasteiger partial charge in [0.15, 0.2) is 5.82 Å². The van der Waals surface area contributed by atoms with E-state index in [1.165, 1.54) is 5.57 Å². The van der Waals surface area contributed by atoms with Crippen LogP contribution in [0.5, 0.6) is 0 Å². The Morgan fingerprint density at radius 3 is 2.88 bits per heavy atom. The average molecular weight is 328 g/mol. The Kier molecular flexibility index (Phi) is 4.61. The zero-order valence-electron chi connectivity index (χ0n) is 15.1. The molecule has 24 heavy (non-hydrogen) atoms. The first-order chi connectivity index (χ1) is 11.4. The summed E-state index contributed by atoms with van der Waals surface area (Å²) in [7, 11) is 0. The number of anilines is 1. The molecule has 3 atom stereocenters. The fourth-order valence-electron chi connectivity index (χ4n) is 3.90. The Morgan fingerprint density at radius 1 is 1.42 bits per heavy atom. The lowest BCUT2D eigenvalue weighted by atomic mass is 10.0. The van der Waals surface area contributed by atoms with Crippen LogP contribution in [0.3, 0.4) is 0 Å². The number of hydrogen-bond acceptors (Lipinski definition) is 4. The second kappa shape index (κ2) is 6.54. The molecule has 130 valence electrons. The van der Waals surface area contributed by atoms with Crippen molar-refractivity contribution in [3.63, 3.8) is 0 Å².